The Morgan fingerprint density at radius 3 is 2.57 bits per heavy atom. The molecule has 2 fully saturated rings. The van der Waals surface area contributed by atoms with Gasteiger partial charge in [-0.2, -0.15) is 5.10 Å². The number of aliphatic hydroxyl groups is 1. The highest BCUT2D eigenvalue weighted by Crippen LogP contribution is 2.51. The van der Waals surface area contributed by atoms with Gasteiger partial charge in [0.15, 0.2) is 0 Å². The number of likely N-dealkylation sites (tertiary alicyclic amines) is 1. The summed E-state index contributed by atoms with van der Waals surface area (Å²) >= 11 is 0. The Morgan fingerprint density at radius 1 is 1.11 bits per heavy atom. The summed E-state index contributed by atoms with van der Waals surface area (Å²) < 4.78 is 3.20. The number of piperidine rings is 1. The van der Waals surface area contributed by atoms with Crippen LogP contribution in [0.1, 0.15) is 44.1 Å². The van der Waals surface area contributed by atoms with Gasteiger partial charge >= 0.3 is 0 Å². The van der Waals surface area contributed by atoms with E-state index < -0.39 is 11.0 Å². The average molecular weight is 476 g/mol. The second kappa shape index (κ2) is 9.41. The zero-order chi connectivity index (χ0) is 24.5. The van der Waals surface area contributed by atoms with Crippen molar-refractivity contribution in [2.24, 2.45) is 12.5 Å². The Hall–Kier alpha value is -3.26. The van der Waals surface area contributed by atoms with Gasteiger partial charge in [0, 0.05) is 44.2 Å². The smallest absolute Gasteiger partial charge is 0.254 e. The Kier molecular flexibility index (Phi) is 6.32. The number of hydrogen-bond acceptors (Lipinski definition) is 5. The molecule has 8 heteroatoms. The van der Waals surface area contributed by atoms with Crippen molar-refractivity contribution in [3.05, 3.63) is 70.9 Å². The molecule has 1 saturated heterocycles. The minimum Gasteiger partial charge on any atom is -0.387 e. The van der Waals surface area contributed by atoms with Crippen LogP contribution in [-0.4, -0.2) is 53.9 Å². The molecule has 1 amide bonds. The van der Waals surface area contributed by atoms with E-state index in [4.69, 9.17) is 0 Å². The topological polar surface area (TPSA) is 93.2 Å². The van der Waals surface area contributed by atoms with Gasteiger partial charge in [-0.25, -0.2) is 4.98 Å². The molecule has 0 bridgehead atoms. The van der Waals surface area contributed by atoms with Gasteiger partial charge in [-0.05, 0) is 37.3 Å². The molecule has 1 spiro atoms. The second-order valence-corrected chi connectivity index (χ2v) is 10.2. The van der Waals surface area contributed by atoms with Crippen LogP contribution in [-0.2, 0) is 24.8 Å². The molecule has 1 aromatic carbocycles. The number of benzene rings is 1. The molecule has 1 aliphatic heterocycles. The Morgan fingerprint density at radius 2 is 1.89 bits per heavy atom. The maximum atomic E-state index is 13.1. The summed E-state index contributed by atoms with van der Waals surface area (Å²) in [4.78, 5) is 32.5. The second-order valence-electron chi connectivity index (χ2n) is 10.2. The molecule has 35 heavy (non-hydrogen) atoms. The summed E-state index contributed by atoms with van der Waals surface area (Å²) in [6.45, 7) is 1.24. The maximum Gasteiger partial charge on any atom is 0.254 e. The standard InChI is InChI=1S/C27H33N5O3/c1-30-23(11-15-29-30)22-17-25(34)32(20-28-22)19-27(35)14-16-31(18-26(27)12-5-6-13-26)24(33)10-9-21-7-3-2-4-8-21/h2-4,7-8,11,15,17,20,35H,5-6,9-10,12-14,16,18-19H2,1H3. The molecule has 1 atom stereocenters. The minimum atomic E-state index is -1.06. The average Bonchev–Trinajstić information content (AvgIpc) is 3.51. The summed E-state index contributed by atoms with van der Waals surface area (Å²) in [5.41, 5.74) is 0.841. The van der Waals surface area contributed by atoms with Gasteiger partial charge in [0.1, 0.15) is 0 Å². The van der Waals surface area contributed by atoms with Crippen molar-refractivity contribution in [3.8, 4) is 11.4 Å². The number of amides is 1. The number of aryl methyl sites for hydroxylation is 2. The molecule has 184 valence electrons. The summed E-state index contributed by atoms with van der Waals surface area (Å²) in [7, 11) is 1.81. The minimum absolute atomic E-state index is 0.140. The van der Waals surface area contributed by atoms with Crippen LogP contribution in [0, 0.1) is 5.41 Å². The zero-order valence-corrected chi connectivity index (χ0v) is 20.3. The van der Waals surface area contributed by atoms with Gasteiger partial charge in [-0.15, -0.1) is 0 Å². The predicted molar refractivity (Wildman–Crippen MR) is 133 cm³/mol. The van der Waals surface area contributed by atoms with Gasteiger partial charge in [0.25, 0.3) is 5.56 Å². The number of nitrogens with zero attached hydrogens (tertiary/aromatic N) is 5. The van der Waals surface area contributed by atoms with Gasteiger partial charge in [0.05, 0.1) is 29.9 Å². The monoisotopic (exact) mass is 475 g/mol. The van der Waals surface area contributed by atoms with Crippen molar-refractivity contribution in [3.63, 3.8) is 0 Å². The number of aromatic nitrogens is 4. The third-order valence-electron chi connectivity index (χ3n) is 8.05. The molecular formula is C27H33N5O3. The first kappa shape index (κ1) is 23.5. The summed E-state index contributed by atoms with van der Waals surface area (Å²) in [6, 6.07) is 13.4. The molecule has 1 unspecified atom stereocenters. The van der Waals surface area contributed by atoms with Crippen molar-refractivity contribution in [2.45, 2.75) is 57.1 Å². The summed E-state index contributed by atoms with van der Waals surface area (Å²) in [6.07, 6.45) is 8.63. The molecule has 2 aliphatic rings. The van der Waals surface area contributed by atoms with E-state index in [0.717, 1.165) is 43.4 Å². The third-order valence-corrected chi connectivity index (χ3v) is 8.05. The van der Waals surface area contributed by atoms with Crippen LogP contribution in [0.5, 0.6) is 0 Å². The van der Waals surface area contributed by atoms with E-state index in [1.807, 2.05) is 48.3 Å². The van der Waals surface area contributed by atoms with E-state index in [-0.39, 0.29) is 18.0 Å². The fourth-order valence-electron chi connectivity index (χ4n) is 5.96. The normalized spacial score (nSPS) is 21.5. The van der Waals surface area contributed by atoms with Crippen molar-refractivity contribution < 1.29 is 9.90 Å². The largest absolute Gasteiger partial charge is 0.387 e. The molecule has 1 N–H and O–H groups in total. The van der Waals surface area contributed by atoms with Crippen molar-refractivity contribution in [1.29, 1.82) is 0 Å². The van der Waals surface area contributed by atoms with Crippen LogP contribution < -0.4 is 5.56 Å². The molecule has 8 nitrogen and oxygen atoms in total. The molecule has 0 radical (unpaired) electrons. The highest BCUT2D eigenvalue weighted by molar-refractivity contribution is 5.76. The van der Waals surface area contributed by atoms with Crippen molar-refractivity contribution in [2.75, 3.05) is 13.1 Å². The lowest BCUT2D eigenvalue weighted by molar-refractivity contribution is -0.160. The van der Waals surface area contributed by atoms with Crippen molar-refractivity contribution in [1.82, 2.24) is 24.2 Å². The quantitative estimate of drug-likeness (QED) is 0.592. The SMILES string of the molecule is Cn1nccc1-c1cc(=O)n(CC2(O)CCN(C(=O)CCc3ccccc3)CC23CCCC3)cn1. The third kappa shape index (κ3) is 4.55. The molecule has 1 aliphatic carbocycles. The molecule has 3 heterocycles. The van der Waals surface area contributed by atoms with Gasteiger partial charge in [-0.3, -0.25) is 18.8 Å². The number of carbonyl (C=O) groups is 1. The predicted octanol–water partition coefficient (Wildman–Crippen LogP) is 2.80. The maximum absolute atomic E-state index is 13.1. The van der Waals surface area contributed by atoms with E-state index in [2.05, 4.69) is 10.1 Å². The first-order valence-corrected chi connectivity index (χ1v) is 12.5. The lowest BCUT2D eigenvalue weighted by Gasteiger charge is -2.52. The van der Waals surface area contributed by atoms with Gasteiger partial charge < -0.3 is 10.0 Å². The highest BCUT2D eigenvalue weighted by Gasteiger charge is 2.55. The highest BCUT2D eigenvalue weighted by atomic mass is 16.3. The van der Waals surface area contributed by atoms with Gasteiger partial charge in [0.2, 0.25) is 5.91 Å². The first-order chi connectivity index (χ1) is 16.9. The number of hydrogen-bond donors (Lipinski definition) is 1. The summed E-state index contributed by atoms with van der Waals surface area (Å²) in [5, 5.41) is 16.1. The van der Waals surface area contributed by atoms with E-state index in [0.29, 0.717) is 31.6 Å². The van der Waals surface area contributed by atoms with Gasteiger partial charge in [-0.1, -0.05) is 43.2 Å². The lowest BCUT2D eigenvalue weighted by atomic mass is 9.65. The van der Waals surface area contributed by atoms with E-state index in [1.165, 1.54) is 17.0 Å². The molecule has 2 aromatic heterocycles. The fraction of sp³-hybridized carbons (Fsp3) is 0.481. The zero-order valence-electron chi connectivity index (χ0n) is 20.3. The number of rotatable bonds is 6. The number of carbonyl (C=O) groups excluding carboxylic acids is 1. The van der Waals surface area contributed by atoms with Crippen LogP contribution in [0.2, 0.25) is 0 Å². The first-order valence-electron chi connectivity index (χ1n) is 12.5. The van der Waals surface area contributed by atoms with Crippen molar-refractivity contribution >= 4 is 5.91 Å². The molecule has 3 aromatic rings. The molecule has 5 rings (SSSR count). The van der Waals surface area contributed by atoms with E-state index in [9.17, 15) is 14.7 Å². The fourth-order valence-corrected chi connectivity index (χ4v) is 5.96. The lowest BCUT2D eigenvalue weighted by Crippen LogP contribution is -2.62. The molecule has 1 saturated carbocycles. The Bertz CT molecular complexity index is 1240. The molecular weight excluding hydrogens is 442 g/mol. The Labute approximate surface area is 205 Å². The van der Waals surface area contributed by atoms with Crippen LogP contribution in [0.3, 0.4) is 0 Å². The van der Waals surface area contributed by atoms with E-state index in [1.54, 1.807) is 10.9 Å². The van der Waals surface area contributed by atoms with Crippen LogP contribution in [0.4, 0.5) is 0 Å². The van der Waals surface area contributed by atoms with Crippen LogP contribution >= 0.6 is 0 Å². The van der Waals surface area contributed by atoms with E-state index >= 15 is 0 Å². The Balaban J connectivity index is 1.32. The summed E-state index contributed by atoms with van der Waals surface area (Å²) in [5.74, 6) is 0.140. The van der Waals surface area contributed by atoms with Crippen LogP contribution in [0.15, 0.2) is 59.8 Å². The van der Waals surface area contributed by atoms with Crippen LogP contribution in [0.25, 0.3) is 11.4 Å².